The molecule has 1 saturated heterocycles. The molecule has 0 spiro atoms. The summed E-state index contributed by atoms with van der Waals surface area (Å²) >= 11 is 3.34. The number of ketones is 1. The van der Waals surface area contributed by atoms with Crippen LogP contribution in [0.2, 0.25) is 0 Å². The number of carbonyl (C=O) groups is 4. The number of aldehydes is 1. The van der Waals surface area contributed by atoms with Crippen LogP contribution < -0.4 is 5.32 Å². The van der Waals surface area contributed by atoms with E-state index in [0.717, 1.165) is 12.0 Å². The lowest BCUT2D eigenvalue weighted by atomic mass is 10.0. The molecule has 12 heteroatoms. The molecule has 0 unspecified atom stereocenters. The minimum atomic E-state index is -0.686. The number of amides is 2. The predicted octanol–water partition coefficient (Wildman–Crippen LogP) is 4.30. The van der Waals surface area contributed by atoms with E-state index >= 15 is 0 Å². The van der Waals surface area contributed by atoms with Gasteiger partial charge in [-0.1, -0.05) is 13.0 Å². The Balaban J connectivity index is 1.34. The van der Waals surface area contributed by atoms with Crippen molar-refractivity contribution in [2.45, 2.75) is 59.2 Å². The van der Waals surface area contributed by atoms with Gasteiger partial charge in [-0.3, -0.25) is 23.9 Å². The van der Waals surface area contributed by atoms with Crippen molar-refractivity contribution in [2.75, 3.05) is 5.32 Å². The highest BCUT2D eigenvalue weighted by Gasteiger charge is 2.64. The number of Topliss-reactive ketones (excluding diaryl/α,β-unsaturated/α-hetero) is 1. The van der Waals surface area contributed by atoms with Crippen molar-refractivity contribution in [3.8, 4) is 11.1 Å². The van der Waals surface area contributed by atoms with Crippen LogP contribution in [0.1, 0.15) is 58.9 Å². The Morgan fingerprint density at radius 1 is 1.12 bits per heavy atom. The molecule has 42 heavy (non-hydrogen) atoms. The zero-order chi connectivity index (χ0) is 29.9. The molecule has 1 aliphatic heterocycles. The van der Waals surface area contributed by atoms with Crippen molar-refractivity contribution in [3.63, 3.8) is 0 Å². The summed E-state index contributed by atoms with van der Waals surface area (Å²) in [4.78, 5) is 66.8. The summed E-state index contributed by atoms with van der Waals surface area (Å²) in [6.45, 7) is 6.86. The highest BCUT2D eigenvalue weighted by Crippen LogP contribution is 2.59. The summed E-state index contributed by atoms with van der Waals surface area (Å²) in [5, 5.41) is 7.84. The van der Waals surface area contributed by atoms with Crippen molar-refractivity contribution in [1.29, 1.82) is 0 Å². The summed E-state index contributed by atoms with van der Waals surface area (Å²) in [7, 11) is 0. The molecule has 0 bridgehead atoms. The Morgan fingerprint density at radius 3 is 2.55 bits per heavy atom. The number of carbonyl (C=O) groups excluding carboxylic acids is 4. The first-order chi connectivity index (χ1) is 20.0. The molecule has 2 aliphatic rings. The average Bonchev–Trinajstić information content (AvgIpc) is 3.31. The molecule has 1 aromatic carbocycles. The van der Waals surface area contributed by atoms with Gasteiger partial charge in [-0.2, -0.15) is 5.10 Å². The monoisotopic (exact) mass is 629 g/mol. The van der Waals surface area contributed by atoms with Crippen molar-refractivity contribution in [3.05, 3.63) is 63.9 Å². The third-order valence-corrected chi connectivity index (χ3v) is 8.71. The quantitative estimate of drug-likeness (QED) is 0.181. The SMILES string of the molecule is CC(=O)c1nn(CC(=O)N2[C@H](C(=O)Nc3nc(Br)ccc3C)C[C@@]3(C)C[C@@H]23)c2c(C=O)cc(-c3cnc(C)nc3)cc12. The largest absolute Gasteiger partial charge is 0.325 e. The molecule has 2 amide bonds. The van der Waals surface area contributed by atoms with Gasteiger partial charge in [-0.05, 0) is 77.4 Å². The molecule has 6 rings (SSSR count). The second-order valence-electron chi connectivity index (χ2n) is 11.3. The van der Waals surface area contributed by atoms with Crippen LogP contribution in [0.15, 0.2) is 41.3 Å². The van der Waals surface area contributed by atoms with Crippen LogP contribution in [0, 0.1) is 19.3 Å². The van der Waals surface area contributed by atoms with Gasteiger partial charge in [0.2, 0.25) is 11.8 Å². The first-order valence-electron chi connectivity index (χ1n) is 13.5. The summed E-state index contributed by atoms with van der Waals surface area (Å²) in [5.41, 5.74) is 2.80. The minimum Gasteiger partial charge on any atom is -0.325 e. The molecule has 1 N–H and O–H groups in total. The van der Waals surface area contributed by atoms with Crippen LogP contribution >= 0.6 is 15.9 Å². The van der Waals surface area contributed by atoms with E-state index in [-0.39, 0.29) is 46.9 Å². The van der Waals surface area contributed by atoms with Crippen LogP contribution in [-0.4, -0.2) is 65.6 Å². The molecule has 0 radical (unpaired) electrons. The number of hydrogen-bond acceptors (Lipinski definition) is 8. The Bertz CT molecular complexity index is 1800. The first-order valence-corrected chi connectivity index (χ1v) is 14.3. The van der Waals surface area contributed by atoms with Crippen molar-refractivity contribution in [1.82, 2.24) is 29.6 Å². The second kappa shape index (κ2) is 10.2. The molecule has 3 aromatic heterocycles. The Labute approximate surface area is 249 Å². The molecule has 1 saturated carbocycles. The normalized spacial score (nSPS) is 20.8. The minimum absolute atomic E-state index is 0.0786. The van der Waals surface area contributed by atoms with Gasteiger partial charge in [0.1, 0.15) is 34.5 Å². The number of aromatic nitrogens is 5. The summed E-state index contributed by atoms with van der Waals surface area (Å²) in [6, 6.07) is 6.31. The van der Waals surface area contributed by atoms with Gasteiger partial charge in [0.05, 0.1) is 5.52 Å². The number of aryl methyl sites for hydroxylation is 2. The van der Waals surface area contributed by atoms with Gasteiger partial charge in [0.25, 0.3) is 0 Å². The van der Waals surface area contributed by atoms with E-state index in [1.807, 2.05) is 13.0 Å². The van der Waals surface area contributed by atoms with Crippen LogP contribution in [0.4, 0.5) is 5.82 Å². The molecule has 2 fully saturated rings. The van der Waals surface area contributed by atoms with E-state index in [0.29, 0.717) is 51.0 Å². The van der Waals surface area contributed by atoms with Crippen molar-refractivity contribution in [2.24, 2.45) is 5.41 Å². The standard InChI is InChI=1S/C30H28BrN7O4/c1-15-5-6-24(31)34-28(15)35-29(42)22-9-30(4)10-23(30)38(22)25(41)13-37-27-19(14-39)7-18(20-11-32-17(3)33-12-20)8-21(27)26(36-37)16(2)40/h5-8,11-12,14,22-23H,9-10,13H2,1-4H3,(H,34,35,42)/t22-,23+,30-/m0/s1. The lowest BCUT2D eigenvalue weighted by Gasteiger charge is -2.27. The Kier molecular flexibility index (Phi) is 6.76. The number of rotatable bonds is 7. The maximum atomic E-state index is 13.9. The molecule has 4 heterocycles. The number of hydrogen-bond donors (Lipinski definition) is 1. The number of benzene rings is 1. The van der Waals surface area contributed by atoms with E-state index < -0.39 is 6.04 Å². The molecular weight excluding hydrogens is 602 g/mol. The maximum Gasteiger partial charge on any atom is 0.248 e. The lowest BCUT2D eigenvalue weighted by molar-refractivity contribution is -0.138. The fourth-order valence-electron chi connectivity index (χ4n) is 5.92. The van der Waals surface area contributed by atoms with Gasteiger partial charge >= 0.3 is 0 Å². The zero-order valence-corrected chi connectivity index (χ0v) is 25.1. The molecule has 11 nitrogen and oxygen atoms in total. The Morgan fingerprint density at radius 2 is 1.86 bits per heavy atom. The van der Waals surface area contributed by atoms with Gasteiger partial charge < -0.3 is 10.2 Å². The number of piperidine rings is 1. The number of pyridine rings is 1. The molecule has 3 atom stereocenters. The lowest BCUT2D eigenvalue weighted by Crippen LogP contribution is -2.47. The third kappa shape index (κ3) is 4.79. The number of halogens is 1. The topological polar surface area (TPSA) is 140 Å². The Hall–Kier alpha value is -4.32. The van der Waals surface area contributed by atoms with Gasteiger partial charge in [0.15, 0.2) is 12.1 Å². The number of fused-ring (bicyclic) bond motifs is 2. The molecular formula is C30H28BrN7O4. The second-order valence-corrected chi connectivity index (χ2v) is 12.2. The molecule has 214 valence electrons. The van der Waals surface area contributed by atoms with Crippen LogP contribution in [0.25, 0.3) is 22.0 Å². The highest BCUT2D eigenvalue weighted by molar-refractivity contribution is 9.10. The van der Waals surface area contributed by atoms with E-state index in [1.165, 1.54) is 11.6 Å². The van der Waals surface area contributed by atoms with Crippen molar-refractivity contribution >= 4 is 56.5 Å². The van der Waals surface area contributed by atoms with E-state index in [4.69, 9.17) is 0 Å². The molecule has 4 aromatic rings. The van der Waals surface area contributed by atoms with E-state index in [1.54, 1.807) is 42.4 Å². The third-order valence-electron chi connectivity index (χ3n) is 8.26. The van der Waals surface area contributed by atoms with E-state index in [2.05, 4.69) is 48.2 Å². The summed E-state index contributed by atoms with van der Waals surface area (Å²) < 4.78 is 1.99. The summed E-state index contributed by atoms with van der Waals surface area (Å²) in [6.07, 6.45) is 5.32. The number of nitrogens with one attached hydrogen (secondary N) is 1. The predicted molar refractivity (Wildman–Crippen MR) is 158 cm³/mol. The number of likely N-dealkylation sites (tertiary alicyclic amines) is 1. The average molecular weight is 631 g/mol. The van der Waals surface area contributed by atoms with E-state index in [9.17, 15) is 19.2 Å². The fraction of sp³-hybridized carbons (Fsp3) is 0.333. The van der Waals surface area contributed by atoms with Gasteiger partial charge in [0, 0.05) is 41.9 Å². The number of anilines is 1. The smallest absolute Gasteiger partial charge is 0.248 e. The van der Waals surface area contributed by atoms with Crippen LogP contribution in [0.3, 0.4) is 0 Å². The zero-order valence-electron chi connectivity index (χ0n) is 23.5. The van der Waals surface area contributed by atoms with Crippen LogP contribution in [-0.2, 0) is 16.1 Å². The number of nitrogens with zero attached hydrogens (tertiary/aromatic N) is 6. The molecule has 1 aliphatic carbocycles. The van der Waals surface area contributed by atoms with Gasteiger partial charge in [-0.25, -0.2) is 15.0 Å². The first kappa shape index (κ1) is 27.8. The highest BCUT2D eigenvalue weighted by atomic mass is 79.9. The summed E-state index contributed by atoms with van der Waals surface area (Å²) in [5.74, 6) is 0.119. The van der Waals surface area contributed by atoms with Gasteiger partial charge in [-0.15, -0.1) is 0 Å². The fourth-order valence-corrected chi connectivity index (χ4v) is 6.23. The maximum absolute atomic E-state index is 13.9. The van der Waals surface area contributed by atoms with Crippen LogP contribution in [0.5, 0.6) is 0 Å². The van der Waals surface area contributed by atoms with Crippen molar-refractivity contribution < 1.29 is 19.2 Å².